The molecule has 0 aromatic rings. The van der Waals surface area contributed by atoms with Gasteiger partial charge in [0, 0.05) is 25.0 Å². The molecule has 0 aromatic carbocycles. The van der Waals surface area contributed by atoms with E-state index in [9.17, 15) is 4.79 Å². The van der Waals surface area contributed by atoms with Crippen LogP contribution in [0.15, 0.2) is 0 Å². The summed E-state index contributed by atoms with van der Waals surface area (Å²) in [5, 5.41) is 0. The molecule has 0 saturated carbocycles. The lowest BCUT2D eigenvalue weighted by Gasteiger charge is -2.01. The number of ether oxygens (including phenoxy) is 2. The van der Waals surface area contributed by atoms with E-state index in [0.717, 1.165) is 11.5 Å². The van der Waals surface area contributed by atoms with Gasteiger partial charge in [0.1, 0.15) is 12.6 Å². The zero-order valence-electron chi connectivity index (χ0n) is 7.67. The normalized spacial score (nSPS) is 10.2. The van der Waals surface area contributed by atoms with E-state index in [1.807, 2.05) is 0 Å². The van der Waals surface area contributed by atoms with E-state index in [1.54, 1.807) is 25.8 Å². The predicted octanol–water partition coefficient (Wildman–Crippen LogP) is 1.32. The number of hydrogen-bond donors (Lipinski definition) is 0. The minimum Gasteiger partial charge on any atom is -0.359 e. The summed E-state index contributed by atoms with van der Waals surface area (Å²) in [6.45, 7) is 2.66. The molecule has 0 unspecified atom stereocenters. The fraction of sp³-hybridized carbons (Fsp3) is 0.875. The first-order valence-electron chi connectivity index (χ1n) is 3.91. The summed E-state index contributed by atoms with van der Waals surface area (Å²) in [4.78, 5) is 10.5. The highest BCUT2D eigenvalue weighted by atomic mass is 32.2. The average Bonchev–Trinajstić information content (AvgIpc) is 2.02. The van der Waals surface area contributed by atoms with E-state index in [1.165, 1.54) is 0 Å². The van der Waals surface area contributed by atoms with Gasteiger partial charge in [0.15, 0.2) is 0 Å². The van der Waals surface area contributed by atoms with E-state index < -0.39 is 0 Å². The van der Waals surface area contributed by atoms with E-state index in [4.69, 9.17) is 9.47 Å². The molecule has 0 atom stereocenters. The molecule has 0 rings (SSSR count). The molecule has 0 radical (unpaired) electrons. The van der Waals surface area contributed by atoms with Gasteiger partial charge >= 0.3 is 0 Å². The van der Waals surface area contributed by atoms with Gasteiger partial charge in [-0.3, -0.25) is 4.79 Å². The Kier molecular flexibility index (Phi) is 8.99. The van der Waals surface area contributed by atoms with Crippen LogP contribution in [0, 0.1) is 0 Å². The van der Waals surface area contributed by atoms with Crippen molar-refractivity contribution in [3.63, 3.8) is 0 Å². The van der Waals surface area contributed by atoms with Crippen molar-refractivity contribution in [2.45, 2.75) is 13.3 Å². The van der Waals surface area contributed by atoms with Gasteiger partial charge < -0.3 is 9.47 Å². The SMILES string of the molecule is COCOCCSCCC(C)=O. The molecule has 0 fully saturated rings. The quantitative estimate of drug-likeness (QED) is 0.429. The molecular formula is C8H16O3S. The summed E-state index contributed by atoms with van der Waals surface area (Å²) in [6.07, 6.45) is 0.662. The second kappa shape index (κ2) is 9.03. The molecule has 0 aromatic heterocycles. The molecule has 0 aliphatic carbocycles. The number of ketones is 1. The van der Waals surface area contributed by atoms with Gasteiger partial charge in [-0.2, -0.15) is 11.8 Å². The maximum Gasteiger partial charge on any atom is 0.146 e. The summed E-state index contributed by atoms with van der Waals surface area (Å²) >= 11 is 1.73. The maximum atomic E-state index is 10.5. The van der Waals surface area contributed by atoms with Crippen LogP contribution in [0.1, 0.15) is 13.3 Å². The molecule has 0 bridgehead atoms. The first kappa shape index (κ1) is 11.9. The fourth-order valence-electron chi connectivity index (χ4n) is 0.578. The number of hydrogen-bond acceptors (Lipinski definition) is 4. The Hall–Kier alpha value is -0.0600. The summed E-state index contributed by atoms with van der Waals surface area (Å²) < 4.78 is 9.76. The Morgan fingerprint density at radius 1 is 1.42 bits per heavy atom. The molecule has 0 heterocycles. The molecule has 3 nitrogen and oxygen atoms in total. The predicted molar refractivity (Wildman–Crippen MR) is 50.5 cm³/mol. The average molecular weight is 192 g/mol. The van der Waals surface area contributed by atoms with Crippen molar-refractivity contribution in [1.29, 1.82) is 0 Å². The van der Waals surface area contributed by atoms with Gasteiger partial charge in [-0.25, -0.2) is 0 Å². The van der Waals surface area contributed by atoms with Crippen LogP contribution in [0.4, 0.5) is 0 Å². The van der Waals surface area contributed by atoms with Crippen LogP contribution in [-0.4, -0.2) is 37.8 Å². The number of thioether (sulfide) groups is 1. The zero-order valence-corrected chi connectivity index (χ0v) is 8.49. The largest absolute Gasteiger partial charge is 0.359 e. The third-order valence-electron chi connectivity index (χ3n) is 1.17. The van der Waals surface area contributed by atoms with Crippen LogP contribution in [0.2, 0.25) is 0 Å². The Morgan fingerprint density at radius 2 is 2.17 bits per heavy atom. The molecule has 0 aliphatic heterocycles. The second-order valence-corrected chi connectivity index (χ2v) is 3.60. The van der Waals surface area contributed by atoms with Gasteiger partial charge in [0.2, 0.25) is 0 Å². The Labute approximate surface area is 77.8 Å². The second-order valence-electron chi connectivity index (χ2n) is 2.38. The van der Waals surface area contributed by atoms with Crippen LogP contribution in [0.3, 0.4) is 0 Å². The lowest BCUT2D eigenvalue weighted by Crippen LogP contribution is -2.01. The molecule has 12 heavy (non-hydrogen) atoms. The van der Waals surface area contributed by atoms with Crippen LogP contribution >= 0.6 is 11.8 Å². The molecule has 0 saturated heterocycles. The Balaban J connectivity index is 2.86. The summed E-state index contributed by atoms with van der Waals surface area (Å²) in [5.41, 5.74) is 0. The molecule has 0 spiro atoms. The minimum atomic E-state index is 0.250. The Bertz CT molecular complexity index is 117. The zero-order chi connectivity index (χ0) is 9.23. The lowest BCUT2D eigenvalue weighted by atomic mass is 10.4. The summed E-state index contributed by atoms with van der Waals surface area (Å²) in [6, 6.07) is 0. The van der Waals surface area contributed by atoms with Crippen molar-refractivity contribution in [2.24, 2.45) is 0 Å². The fourth-order valence-corrected chi connectivity index (χ4v) is 1.45. The highest BCUT2D eigenvalue weighted by Crippen LogP contribution is 2.02. The van der Waals surface area contributed by atoms with Gasteiger partial charge in [0.25, 0.3) is 0 Å². The van der Waals surface area contributed by atoms with E-state index in [-0.39, 0.29) is 5.78 Å². The van der Waals surface area contributed by atoms with Crippen molar-refractivity contribution in [2.75, 3.05) is 32.0 Å². The highest BCUT2D eigenvalue weighted by Gasteiger charge is 1.93. The van der Waals surface area contributed by atoms with Crippen LogP contribution < -0.4 is 0 Å². The number of Topliss-reactive ketones (excluding diaryl/α,β-unsaturated/α-hetero) is 1. The monoisotopic (exact) mass is 192 g/mol. The maximum absolute atomic E-state index is 10.5. The van der Waals surface area contributed by atoms with E-state index in [2.05, 4.69) is 0 Å². The topological polar surface area (TPSA) is 35.5 Å². The first-order valence-corrected chi connectivity index (χ1v) is 5.06. The van der Waals surface area contributed by atoms with Crippen molar-refractivity contribution in [3.8, 4) is 0 Å². The summed E-state index contributed by atoms with van der Waals surface area (Å²) in [5.74, 6) is 2.07. The first-order chi connectivity index (χ1) is 5.77. The van der Waals surface area contributed by atoms with Crippen LogP contribution in [0.5, 0.6) is 0 Å². The number of carbonyl (C=O) groups is 1. The molecular weight excluding hydrogens is 176 g/mol. The van der Waals surface area contributed by atoms with Crippen LogP contribution in [0.25, 0.3) is 0 Å². The molecule has 0 aliphatic rings. The third kappa shape index (κ3) is 9.94. The van der Waals surface area contributed by atoms with Gasteiger partial charge in [-0.15, -0.1) is 0 Å². The van der Waals surface area contributed by atoms with Crippen molar-refractivity contribution >= 4 is 17.5 Å². The van der Waals surface area contributed by atoms with E-state index in [0.29, 0.717) is 19.8 Å². The standard InChI is InChI=1S/C8H16O3S/c1-8(9)3-5-12-6-4-11-7-10-2/h3-7H2,1-2H3. The lowest BCUT2D eigenvalue weighted by molar-refractivity contribution is -0.116. The van der Waals surface area contributed by atoms with Crippen molar-refractivity contribution < 1.29 is 14.3 Å². The molecule has 0 amide bonds. The van der Waals surface area contributed by atoms with Gasteiger partial charge in [-0.1, -0.05) is 0 Å². The number of rotatable bonds is 8. The van der Waals surface area contributed by atoms with Crippen molar-refractivity contribution in [1.82, 2.24) is 0 Å². The third-order valence-corrected chi connectivity index (χ3v) is 2.12. The molecule has 72 valence electrons. The highest BCUT2D eigenvalue weighted by molar-refractivity contribution is 7.99. The smallest absolute Gasteiger partial charge is 0.146 e. The van der Waals surface area contributed by atoms with Gasteiger partial charge in [-0.05, 0) is 6.92 Å². The Morgan fingerprint density at radius 3 is 2.75 bits per heavy atom. The number of methoxy groups -OCH3 is 1. The molecule has 0 N–H and O–H groups in total. The minimum absolute atomic E-state index is 0.250. The van der Waals surface area contributed by atoms with Crippen molar-refractivity contribution in [3.05, 3.63) is 0 Å². The molecule has 4 heteroatoms. The van der Waals surface area contributed by atoms with Gasteiger partial charge in [0.05, 0.1) is 6.61 Å². The van der Waals surface area contributed by atoms with Crippen LogP contribution in [-0.2, 0) is 14.3 Å². The number of carbonyl (C=O) groups excluding carboxylic acids is 1. The van der Waals surface area contributed by atoms with E-state index >= 15 is 0 Å². The summed E-state index contributed by atoms with van der Waals surface area (Å²) in [7, 11) is 1.60.